The van der Waals surface area contributed by atoms with Crippen molar-refractivity contribution in [2.75, 3.05) is 13.7 Å². The van der Waals surface area contributed by atoms with Gasteiger partial charge < -0.3 is 19.3 Å². The third-order valence-corrected chi connectivity index (χ3v) is 5.19. The molecule has 0 bridgehead atoms. The molecule has 0 radical (unpaired) electrons. The second kappa shape index (κ2) is 9.91. The third kappa shape index (κ3) is 8.82. The molecule has 0 spiro atoms. The van der Waals surface area contributed by atoms with Crippen molar-refractivity contribution in [3.8, 4) is 5.75 Å². The van der Waals surface area contributed by atoms with Crippen LogP contribution in [-0.2, 0) is 36.3 Å². The number of aryl methyl sites for hydroxylation is 1. The van der Waals surface area contributed by atoms with E-state index in [1.807, 2.05) is 26.0 Å². The first-order chi connectivity index (χ1) is 13.9. The molecule has 0 aliphatic carbocycles. The van der Waals surface area contributed by atoms with Gasteiger partial charge in [0.1, 0.15) is 5.75 Å². The molecule has 0 heterocycles. The molecule has 0 atom stereocenters. The highest BCUT2D eigenvalue weighted by Crippen LogP contribution is 2.40. The quantitative estimate of drug-likeness (QED) is 0.378. The molecule has 5 heteroatoms. The Hall–Kier alpha value is -1.59. The van der Waals surface area contributed by atoms with E-state index in [1.54, 1.807) is 21.0 Å². The van der Waals surface area contributed by atoms with Crippen LogP contribution in [0.15, 0.2) is 12.1 Å². The van der Waals surface area contributed by atoms with E-state index in [2.05, 4.69) is 41.5 Å². The van der Waals surface area contributed by atoms with Gasteiger partial charge in [0.15, 0.2) is 0 Å². The fraction of sp³-hybridized carbons (Fsp3) is 0.731. The van der Waals surface area contributed by atoms with Gasteiger partial charge >= 0.3 is 5.97 Å². The minimum Gasteiger partial charge on any atom is -0.507 e. The smallest absolute Gasteiger partial charge is 0.308 e. The van der Waals surface area contributed by atoms with E-state index in [0.29, 0.717) is 25.2 Å². The number of esters is 1. The molecule has 0 aliphatic heterocycles. The maximum Gasteiger partial charge on any atom is 0.308 e. The van der Waals surface area contributed by atoms with Crippen molar-refractivity contribution < 1.29 is 24.1 Å². The number of phenolic OH excluding ortho intramolecular Hbond substituents is 1. The topological polar surface area (TPSA) is 65.0 Å². The molecular formula is C26H44O5. The van der Waals surface area contributed by atoms with Crippen LogP contribution >= 0.6 is 0 Å². The average Bonchev–Trinajstić information content (AvgIpc) is 2.55. The number of hydrogen-bond donors (Lipinski definition) is 1. The predicted octanol–water partition coefficient (Wildman–Crippen LogP) is 6.03. The van der Waals surface area contributed by atoms with Crippen molar-refractivity contribution in [2.24, 2.45) is 0 Å². The zero-order valence-corrected chi connectivity index (χ0v) is 21.6. The minimum atomic E-state index is -1.03. The van der Waals surface area contributed by atoms with E-state index in [-0.39, 0.29) is 23.2 Å². The monoisotopic (exact) mass is 436 g/mol. The zero-order chi connectivity index (χ0) is 24.3. The summed E-state index contributed by atoms with van der Waals surface area (Å²) in [5.41, 5.74) is 1.93. The lowest BCUT2D eigenvalue weighted by Crippen LogP contribution is -2.41. The number of ether oxygens (including phenoxy) is 3. The molecule has 1 rings (SSSR count). The number of methoxy groups -OCH3 is 1. The first-order valence-electron chi connectivity index (χ1n) is 11.2. The van der Waals surface area contributed by atoms with Gasteiger partial charge in [0.05, 0.1) is 5.60 Å². The van der Waals surface area contributed by atoms with Crippen molar-refractivity contribution in [3.05, 3.63) is 28.8 Å². The predicted molar refractivity (Wildman–Crippen MR) is 126 cm³/mol. The molecule has 0 fully saturated rings. The Balaban J connectivity index is 2.94. The van der Waals surface area contributed by atoms with Gasteiger partial charge in [-0.1, -0.05) is 53.7 Å². The lowest BCUT2D eigenvalue weighted by Gasteiger charge is -2.35. The molecule has 0 aromatic heterocycles. The molecule has 0 unspecified atom stereocenters. The number of aromatic hydroxyl groups is 1. The van der Waals surface area contributed by atoms with Crippen LogP contribution < -0.4 is 0 Å². The molecule has 1 aromatic rings. The van der Waals surface area contributed by atoms with E-state index >= 15 is 0 Å². The Kier molecular flexibility index (Phi) is 8.77. The molecule has 0 saturated carbocycles. The molecule has 1 N–H and O–H groups in total. The first-order valence-corrected chi connectivity index (χ1v) is 11.2. The lowest BCUT2D eigenvalue weighted by atomic mass is 9.78. The highest BCUT2D eigenvalue weighted by molar-refractivity contribution is 5.70. The van der Waals surface area contributed by atoms with E-state index in [9.17, 15) is 9.90 Å². The van der Waals surface area contributed by atoms with E-state index < -0.39 is 11.4 Å². The third-order valence-electron chi connectivity index (χ3n) is 5.19. The molecule has 5 nitrogen and oxygen atoms in total. The number of carbonyl (C=O) groups excluding carboxylic acids is 1. The van der Waals surface area contributed by atoms with Crippen molar-refractivity contribution >= 4 is 5.97 Å². The van der Waals surface area contributed by atoms with Crippen LogP contribution in [0, 0.1) is 0 Å². The summed E-state index contributed by atoms with van der Waals surface area (Å²) in [5, 5.41) is 10.9. The van der Waals surface area contributed by atoms with Crippen LogP contribution in [0.2, 0.25) is 0 Å². The molecule has 0 aliphatic rings. The Labute approximate surface area is 189 Å². The molecule has 31 heavy (non-hydrogen) atoms. The van der Waals surface area contributed by atoms with Crippen LogP contribution in [0.1, 0.15) is 98.8 Å². The zero-order valence-electron chi connectivity index (χ0n) is 21.6. The highest BCUT2D eigenvalue weighted by atomic mass is 16.7. The number of rotatable bonds is 9. The van der Waals surface area contributed by atoms with Gasteiger partial charge in [-0.05, 0) is 54.2 Å². The molecule has 1 aromatic carbocycles. The van der Waals surface area contributed by atoms with Gasteiger partial charge in [0.25, 0.3) is 0 Å². The summed E-state index contributed by atoms with van der Waals surface area (Å²) in [7, 11) is 1.65. The van der Waals surface area contributed by atoms with Gasteiger partial charge in [0, 0.05) is 34.0 Å². The number of hydrogen-bond acceptors (Lipinski definition) is 5. The Morgan fingerprint density at radius 3 is 1.81 bits per heavy atom. The molecule has 178 valence electrons. The Morgan fingerprint density at radius 1 is 0.903 bits per heavy atom. The van der Waals surface area contributed by atoms with Crippen LogP contribution in [0.4, 0.5) is 0 Å². The largest absolute Gasteiger partial charge is 0.507 e. The summed E-state index contributed by atoms with van der Waals surface area (Å²) >= 11 is 0. The first kappa shape index (κ1) is 27.4. The van der Waals surface area contributed by atoms with Crippen molar-refractivity contribution in [1.29, 1.82) is 0 Å². The second-order valence-corrected chi connectivity index (χ2v) is 11.5. The summed E-state index contributed by atoms with van der Waals surface area (Å²) < 4.78 is 16.8. The maximum atomic E-state index is 12.6. The SMILES string of the molecule is COCCC(C)(C)OC(C)(C)OC(=O)CCc1cc(C(C)(C)C)c(O)c(C(C)(C)C)c1. The number of benzene rings is 1. The fourth-order valence-corrected chi connectivity index (χ4v) is 3.64. The van der Waals surface area contributed by atoms with Crippen molar-refractivity contribution in [2.45, 2.75) is 111 Å². The van der Waals surface area contributed by atoms with E-state index in [1.165, 1.54) is 0 Å². The number of carbonyl (C=O) groups is 1. The molecule has 0 saturated heterocycles. The normalized spacial score (nSPS) is 13.4. The standard InChI is InChI=1S/C26H44O5/c1-23(2,3)19-16-18(17-20(22(19)28)24(4,5)6)12-13-21(27)30-26(9,10)31-25(7,8)14-15-29-11/h16-17,28H,12-15H2,1-11H3. The van der Waals surface area contributed by atoms with E-state index in [4.69, 9.17) is 14.2 Å². The summed E-state index contributed by atoms with van der Waals surface area (Å²) in [5.74, 6) is -0.995. The summed E-state index contributed by atoms with van der Waals surface area (Å²) in [6, 6.07) is 4.01. The van der Waals surface area contributed by atoms with Gasteiger partial charge in [-0.3, -0.25) is 4.79 Å². The molecule has 0 amide bonds. The highest BCUT2D eigenvalue weighted by Gasteiger charge is 2.32. The number of phenols is 1. The average molecular weight is 437 g/mol. The summed E-state index contributed by atoms with van der Waals surface area (Å²) in [6.07, 6.45) is 1.47. The Morgan fingerprint density at radius 2 is 1.39 bits per heavy atom. The summed E-state index contributed by atoms with van der Waals surface area (Å²) in [6.45, 7) is 20.5. The van der Waals surface area contributed by atoms with Crippen LogP contribution in [0.25, 0.3) is 0 Å². The Bertz CT molecular complexity index is 713. The lowest BCUT2D eigenvalue weighted by molar-refractivity contribution is -0.255. The van der Waals surface area contributed by atoms with Crippen LogP contribution in [-0.4, -0.2) is 36.2 Å². The maximum absolute atomic E-state index is 12.6. The van der Waals surface area contributed by atoms with Crippen molar-refractivity contribution in [1.82, 2.24) is 0 Å². The van der Waals surface area contributed by atoms with E-state index in [0.717, 1.165) is 16.7 Å². The molecular weight excluding hydrogens is 392 g/mol. The van der Waals surface area contributed by atoms with Crippen LogP contribution in [0.5, 0.6) is 5.75 Å². The van der Waals surface area contributed by atoms with Gasteiger partial charge in [-0.15, -0.1) is 0 Å². The van der Waals surface area contributed by atoms with Crippen molar-refractivity contribution in [3.63, 3.8) is 0 Å². The van der Waals surface area contributed by atoms with Gasteiger partial charge in [-0.2, -0.15) is 0 Å². The summed E-state index contributed by atoms with van der Waals surface area (Å²) in [4.78, 5) is 12.6. The fourth-order valence-electron chi connectivity index (χ4n) is 3.64. The van der Waals surface area contributed by atoms with Gasteiger partial charge in [0.2, 0.25) is 5.79 Å². The minimum absolute atomic E-state index is 0.204. The van der Waals surface area contributed by atoms with Gasteiger partial charge in [-0.25, -0.2) is 0 Å². The second-order valence-electron chi connectivity index (χ2n) is 11.5. The van der Waals surface area contributed by atoms with Crippen LogP contribution in [0.3, 0.4) is 0 Å².